The number of hydrogen-bond donors (Lipinski definition) is 2. The first kappa shape index (κ1) is 13.6. The molecule has 0 amide bonds. The zero-order valence-corrected chi connectivity index (χ0v) is 9.43. The Balaban J connectivity index is 2.96. The lowest BCUT2D eigenvalue weighted by molar-refractivity contribution is -0.169. The summed E-state index contributed by atoms with van der Waals surface area (Å²) in [6.07, 6.45) is 4.01. The van der Waals surface area contributed by atoms with E-state index in [-0.39, 0.29) is 0 Å². The van der Waals surface area contributed by atoms with Gasteiger partial charge in [0.1, 0.15) is 0 Å². The second kappa shape index (κ2) is 10.7. The molecule has 0 aromatic rings. The molecule has 0 aliphatic heterocycles. The molecule has 0 spiro atoms. The van der Waals surface area contributed by atoms with E-state index in [0.29, 0.717) is 13.2 Å². The second-order valence-corrected chi connectivity index (χ2v) is 3.31. The summed E-state index contributed by atoms with van der Waals surface area (Å²) < 4.78 is 0. The molecule has 0 aromatic carbocycles. The Hall–Kier alpha value is -0.420. The average Bonchev–Trinajstić information content (AvgIpc) is 2.15. The molecular weight excluding hydrogens is 180 g/mol. The lowest BCUT2D eigenvalue weighted by Crippen LogP contribution is -2.19. The molecule has 0 atom stereocenters. The standard InChI is InChI=1S/C10H22N2O2/c1-10(2)6-4-8-13-12-14-9-5-7-11-3/h6,11-12H,4-5,7-9H2,1-3H3. The number of rotatable bonds is 9. The van der Waals surface area contributed by atoms with Gasteiger partial charge in [0.05, 0.1) is 13.2 Å². The van der Waals surface area contributed by atoms with Crippen molar-refractivity contribution < 1.29 is 9.68 Å². The molecule has 0 aliphatic rings. The fourth-order valence-corrected chi connectivity index (χ4v) is 0.853. The highest BCUT2D eigenvalue weighted by atomic mass is 16.9. The minimum Gasteiger partial charge on any atom is -0.320 e. The minimum atomic E-state index is 0.636. The van der Waals surface area contributed by atoms with Crippen LogP contribution in [-0.2, 0) is 9.68 Å². The number of allylic oxidation sites excluding steroid dienone is 1. The van der Waals surface area contributed by atoms with Crippen LogP contribution in [0.25, 0.3) is 0 Å². The van der Waals surface area contributed by atoms with Gasteiger partial charge in [0, 0.05) is 0 Å². The maximum absolute atomic E-state index is 5.03. The van der Waals surface area contributed by atoms with Gasteiger partial charge in [0.2, 0.25) is 0 Å². The quantitative estimate of drug-likeness (QED) is 0.337. The van der Waals surface area contributed by atoms with Gasteiger partial charge in [-0.05, 0) is 40.3 Å². The van der Waals surface area contributed by atoms with Crippen LogP contribution < -0.4 is 11.0 Å². The normalized spacial score (nSPS) is 10.2. The van der Waals surface area contributed by atoms with Gasteiger partial charge in [-0.2, -0.15) is 0 Å². The van der Waals surface area contributed by atoms with Gasteiger partial charge in [-0.15, -0.1) is 0 Å². The highest BCUT2D eigenvalue weighted by molar-refractivity contribution is 4.92. The summed E-state index contributed by atoms with van der Waals surface area (Å²) in [4.78, 5) is 10.0. The molecule has 2 N–H and O–H groups in total. The molecule has 0 unspecified atom stereocenters. The smallest absolute Gasteiger partial charge is 0.0743 e. The Morgan fingerprint density at radius 2 is 1.93 bits per heavy atom. The zero-order chi connectivity index (χ0) is 10.6. The lowest BCUT2D eigenvalue weighted by atomic mass is 10.3. The highest BCUT2D eigenvalue weighted by Crippen LogP contribution is 1.92. The molecule has 0 fully saturated rings. The van der Waals surface area contributed by atoms with Crippen molar-refractivity contribution in [1.82, 2.24) is 11.0 Å². The van der Waals surface area contributed by atoms with E-state index in [4.69, 9.17) is 9.68 Å². The topological polar surface area (TPSA) is 42.5 Å². The first-order chi connectivity index (χ1) is 6.77. The molecule has 14 heavy (non-hydrogen) atoms. The van der Waals surface area contributed by atoms with E-state index in [1.165, 1.54) is 5.57 Å². The third-order valence-corrected chi connectivity index (χ3v) is 1.56. The summed E-state index contributed by atoms with van der Waals surface area (Å²) in [6.45, 7) is 6.39. The van der Waals surface area contributed by atoms with Gasteiger partial charge < -0.3 is 5.32 Å². The van der Waals surface area contributed by atoms with Crippen molar-refractivity contribution in [3.8, 4) is 0 Å². The van der Waals surface area contributed by atoms with E-state index < -0.39 is 0 Å². The molecule has 4 nitrogen and oxygen atoms in total. The Morgan fingerprint density at radius 1 is 1.21 bits per heavy atom. The summed E-state index contributed by atoms with van der Waals surface area (Å²) >= 11 is 0. The van der Waals surface area contributed by atoms with Crippen LogP contribution in [0.2, 0.25) is 0 Å². The van der Waals surface area contributed by atoms with E-state index in [1.807, 2.05) is 7.05 Å². The Morgan fingerprint density at radius 3 is 2.57 bits per heavy atom. The number of nitrogens with one attached hydrogen (secondary N) is 2. The predicted octanol–water partition coefficient (Wildman–Crippen LogP) is 1.40. The highest BCUT2D eigenvalue weighted by Gasteiger charge is 1.87. The molecule has 0 heterocycles. The second-order valence-electron chi connectivity index (χ2n) is 3.31. The zero-order valence-electron chi connectivity index (χ0n) is 9.43. The predicted molar refractivity (Wildman–Crippen MR) is 57.6 cm³/mol. The molecule has 0 aliphatic carbocycles. The summed E-state index contributed by atoms with van der Waals surface area (Å²) in [5, 5.41) is 3.04. The SMILES string of the molecule is CNCCCONOCCC=C(C)C. The van der Waals surface area contributed by atoms with Crippen LogP contribution in [0.15, 0.2) is 11.6 Å². The molecule has 0 bridgehead atoms. The molecule has 0 saturated carbocycles. The molecular formula is C10H22N2O2. The van der Waals surface area contributed by atoms with Gasteiger partial charge in [-0.3, -0.25) is 9.68 Å². The summed E-state index contributed by atoms with van der Waals surface area (Å²) in [5.74, 6) is 0. The van der Waals surface area contributed by atoms with E-state index in [9.17, 15) is 0 Å². The Bertz CT molecular complexity index is 145. The Labute approximate surface area is 86.6 Å². The van der Waals surface area contributed by atoms with Crippen molar-refractivity contribution >= 4 is 0 Å². The van der Waals surface area contributed by atoms with Gasteiger partial charge >= 0.3 is 0 Å². The van der Waals surface area contributed by atoms with Crippen molar-refractivity contribution in [1.29, 1.82) is 0 Å². The van der Waals surface area contributed by atoms with Crippen molar-refractivity contribution in [3.63, 3.8) is 0 Å². The van der Waals surface area contributed by atoms with Crippen molar-refractivity contribution in [2.75, 3.05) is 26.8 Å². The molecule has 0 radical (unpaired) electrons. The van der Waals surface area contributed by atoms with Crippen LogP contribution in [-0.4, -0.2) is 26.8 Å². The van der Waals surface area contributed by atoms with Crippen LogP contribution in [0.3, 0.4) is 0 Å². The average molecular weight is 202 g/mol. The van der Waals surface area contributed by atoms with E-state index in [0.717, 1.165) is 19.4 Å². The third kappa shape index (κ3) is 11.6. The molecule has 0 rings (SSSR count). The van der Waals surface area contributed by atoms with Crippen LogP contribution in [0.1, 0.15) is 26.7 Å². The maximum Gasteiger partial charge on any atom is 0.0743 e. The minimum absolute atomic E-state index is 0.636. The Kier molecular flexibility index (Phi) is 10.3. The molecule has 84 valence electrons. The molecule has 0 aromatic heterocycles. The van der Waals surface area contributed by atoms with Crippen LogP contribution >= 0.6 is 0 Å². The fourth-order valence-electron chi connectivity index (χ4n) is 0.853. The number of hydrogen-bond acceptors (Lipinski definition) is 4. The van der Waals surface area contributed by atoms with Gasteiger partial charge in [0.15, 0.2) is 0 Å². The lowest BCUT2D eigenvalue weighted by Gasteiger charge is -2.04. The maximum atomic E-state index is 5.03. The summed E-state index contributed by atoms with van der Waals surface area (Å²) in [5.41, 5.74) is 3.77. The van der Waals surface area contributed by atoms with E-state index in [1.54, 1.807) is 0 Å². The van der Waals surface area contributed by atoms with Crippen molar-refractivity contribution in [2.24, 2.45) is 0 Å². The van der Waals surface area contributed by atoms with Gasteiger partial charge in [0.25, 0.3) is 0 Å². The van der Waals surface area contributed by atoms with Crippen molar-refractivity contribution in [2.45, 2.75) is 26.7 Å². The molecule has 0 saturated heterocycles. The first-order valence-electron chi connectivity index (χ1n) is 5.04. The fraction of sp³-hybridized carbons (Fsp3) is 0.800. The van der Waals surface area contributed by atoms with E-state index in [2.05, 4.69) is 30.9 Å². The van der Waals surface area contributed by atoms with Crippen LogP contribution in [0.4, 0.5) is 0 Å². The van der Waals surface area contributed by atoms with E-state index >= 15 is 0 Å². The summed E-state index contributed by atoms with van der Waals surface area (Å²) in [7, 11) is 1.92. The largest absolute Gasteiger partial charge is 0.320 e. The summed E-state index contributed by atoms with van der Waals surface area (Å²) in [6, 6.07) is 0. The van der Waals surface area contributed by atoms with Gasteiger partial charge in [-0.1, -0.05) is 17.3 Å². The van der Waals surface area contributed by atoms with Crippen LogP contribution in [0, 0.1) is 0 Å². The first-order valence-corrected chi connectivity index (χ1v) is 5.04. The van der Waals surface area contributed by atoms with Crippen LogP contribution in [0.5, 0.6) is 0 Å². The molecule has 4 heteroatoms. The van der Waals surface area contributed by atoms with Gasteiger partial charge in [-0.25, -0.2) is 0 Å². The third-order valence-electron chi connectivity index (χ3n) is 1.56. The van der Waals surface area contributed by atoms with Crippen molar-refractivity contribution in [3.05, 3.63) is 11.6 Å². The monoisotopic (exact) mass is 202 g/mol.